The van der Waals surface area contributed by atoms with Crippen molar-refractivity contribution >= 4 is 16.8 Å². The Morgan fingerprint density at radius 2 is 1.91 bits per heavy atom. The number of rotatable bonds is 7. The van der Waals surface area contributed by atoms with Crippen LogP contribution in [0.1, 0.15) is 80.9 Å². The Labute approximate surface area is 201 Å². The molecule has 34 heavy (non-hydrogen) atoms. The van der Waals surface area contributed by atoms with Gasteiger partial charge in [0.15, 0.2) is 0 Å². The van der Waals surface area contributed by atoms with Crippen LogP contribution in [0, 0.1) is 11.7 Å². The Hall–Kier alpha value is -2.53. The number of carbonyl (C=O) groups excluding carboxylic acids is 1. The van der Waals surface area contributed by atoms with Gasteiger partial charge in [0.25, 0.3) is 0 Å². The number of fused-ring (bicyclic) bond motifs is 1. The Morgan fingerprint density at radius 3 is 2.74 bits per heavy atom. The number of Topliss-reactive ketones (excluding diaryl/α,β-unsaturated/α-hetero) is 1. The summed E-state index contributed by atoms with van der Waals surface area (Å²) in [6.07, 6.45) is 12.8. The normalized spacial score (nSPS) is 21.4. The summed E-state index contributed by atoms with van der Waals surface area (Å²) in [7, 11) is 0. The van der Waals surface area contributed by atoms with E-state index in [2.05, 4.69) is 9.88 Å². The standard InChI is InChI=1S/C29H35FN2O2/c30-25-12-11-23-15-20-34-29(23)27(25)21-9-6-17-32(18-13-21)19-14-24(26-10-4-5-16-31-26)28(33)22-7-2-1-3-8-22/h4-5,10-12,15-16,20-22,24H,1-3,6-9,13-14,17-19H2. The molecule has 2 aliphatic rings. The number of halogens is 1. The maximum absolute atomic E-state index is 14.8. The van der Waals surface area contributed by atoms with E-state index in [1.807, 2.05) is 24.3 Å². The second-order valence-corrected chi connectivity index (χ2v) is 10.1. The summed E-state index contributed by atoms with van der Waals surface area (Å²) in [6.45, 7) is 2.77. The Bertz CT molecular complexity index is 1090. The smallest absolute Gasteiger partial charge is 0.145 e. The molecule has 0 amide bonds. The fraction of sp³-hybridized carbons (Fsp3) is 0.517. The van der Waals surface area contributed by atoms with Gasteiger partial charge in [-0.3, -0.25) is 9.78 Å². The average Bonchev–Trinajstić information content (AvgIpc) is 3.24. The highest BCUT2D eigenvalue weighted by atomic mass is 19.1. The van der Waals surface area contributed by atoms with E-state index in [4.69, 9.17) is 4.42 Å². The van der Waals surface area contributed by atoms with Crippen molar-refractivity contribution in [3.05, 3.63) is 65.9 Å². The molecule has 0 spiro atoms. The fourth-order valence-electron chi connectivity index (χ4n) is 6.08. The first-order valence-electron chi connectivity index (χ1n) is 13.0. The zero-order valence-corrected chi connectivity index (χ0v) is 19.9. The number of benzene rings is 1. The molecular weight excluding hydrogens is 427 g/mol. The van der Waals surface area contributed by atoms with Crippen LogP contribution in [-0.2, 0) is 4.79 Å². The lowest BCUT2D eigenvalue weighted by atomic mass is 9.79. The van der Waals surface area contributed by atoms with Crippen molar-refractivity contribution in [2.24, 2.45) is 5.92 Å². The topological polar surface area (TPSA) is 46.3 Å². The van der Waals surface area contributed by atoms with Gasteiger partial charge < -0.3 is 9.32 Å². The quantitative estimate of drug-likeness (QED) is 0.385. The number of hydrogen-bond donors (Lipinski definition) is 0. The van der Waals surface area contributed by atoms with Gasteiger partial charge in [-0.2, -0.15) is 0 Å². The lowest BCUT2D eigenvalue weighted by molar-refractivity contribution is -0.125. The molecule has 0 radical (unpaired) electrons. The molecule has 2 atom stereocenters. The number of pyridine rings is 1. The lowest BCUT2D eigenvalue weighted by Gasteiger charge is -2.27. The van der Waals surface area contributed by atoms with E-state index in [9.17, 15) is 9.18 Å². The minimum atomic E-state index is -0.158. The number of nitrogens with zero attached hydrogens (tertiary/aromatic N) is 2. The lowest BCUT2D eigenvalue weighted by Crippen LogP contribution is -2.31. The first-order valence-corrected chi connectivity index (χ1v) is 13.0. The van der Waals surface area contributed by atoms with E-state index < -0.39 is 0 Å². The molecule has 0 N–H and O–H groups in total. The van der Waals surface area contributed by atoms with Gasteiger partial charge >= 0.3 is 0 Å². The third-order valence-corrected chi connectivity index (χ3v) is 7.97. The minimum absolute atomic E-state index is 0.127. The van der Waals surface area contributed by atoms with Crippen molar-refractivity contribution in [3.8, 4) is 0 Å². The Morgan fingerprint density at radius 1 is 1.03 bits per heavy atom. The van der Waals surface area contributed by atoms with Gasteiger partial charge in [0.05, 0.1) is 17.9 Å². The van der Waals surface area contributed by atoms with Gasteiger partial charge in [-0.15, -0.1) is 0 Å². The van der Waals surface area contributed by atoms with Gasteiger partial charge in [-0.05, 0) is 94.4 Å². The summed E-state index contributed by atoms with van der Waals surface area (Å²) in [5.74, 6) is 0.450. The molecule has 3 aromatic rings. The van der Waals surface area contributed by atoms with Crippen LogP contribution in [0.4, 0.5) is 4.39 Å². The summed E-state index contributed by atoms with van der Waals surface area (Å²) in [5.41, 5.74) is 2.35. The van der Waals surface area contributed by atoms with Gasteiger partial charge in [0, 0.05) is 23.1 Å². The van der Waals surface area contributed by atoms with E-state index in [0.717, 1.165) is 87.6 Å². The van der Waals surface area contributed by atoms with Crippen molar-refractivity contribution in [2.75, 3.05) is 19.6 Å². The zero-order chi connectivity index (χ0) is 23.3. The Balaban J connectivity index is 1.26. The molecule has 1 aromatic carbocycles. The second kappa shape index (κ2) is 10.8. The molecule has 1 aliphatic carbocycles. The molecule has 5 heteroatoms. The number of likely N-dealkylation sites (tertiary alicyclic amines) is 1. The van der Waals surface area contributed by atoms with E-state index in [1.165, 1.54) is 6.42 Å². The van der Waals surface area contributed by atoms with E-state index in [1.54, 1.807) is 24.6 Å². The van der Waals surface area contributed by atoms with Crippen LogP contribution in [0.5, 0.6) is 0 Å². The molecule has 0 bridgehead atoms. The highest BCUT2D eigenvalue weighted by Crippen LogP contribution is 2.36. The summed E-state index contributed by atoms with van der Waals surface area (Å²) >= 11 is 0. The second-order valence-electron chi connectivity index (χ2n) is 10.1. The van der Waals surface area contributed by atoms with Gasteiger partial charge in [-0.25, -0.2) is 4.39 Å². The molecule has 1 saturated heterocycles. The fourth-order valence-corrected chi connectivity index (χ4v) is 6.08. The Kier molecular flexibility index (Phi) is 7.39. The molecule has 2 fully saturated rings. The average molecular weight is 463 g/mol. The van der Waals surface area contributed by atoms with Crippen LogP contribution >= 0.6 is 0 Å². The van der Waals surface area contributed by atoms with Gasteiger partial charge in [-0.1, -0.05) is 25.3 Å². The third kappa shape index (κ3) is 5.10. The molecule has 2 unspecified atom stereocenters. The molecular formula is C29H35FN2O2. The SMILES string of the molecule is O=C(C1CCCCC1)C(CCN1CCCC(c2c(F)ccc3ccoc23)CC1)c1ccccn1. The van der Waals surface area contributed by atoms with Crippen LogP contribution in [0.3, 0.4) is 0 Å². The van der Waals surface area contributed by atoms with Crippen LogP contribution in [-0.4, -0.2) is 35.3 Å². The highest BCUT2D eigenvalue weighted by molar-refractivity contribution is 5.87. The zero-order valence-electron chi connectivity index (χ0n) is 19.9. The predicted molar refractivity (Wildman–Crippen MR) is 132 cm³/mol. The number of carbonyl (C=O) groups is 1. The molecule has 1 saturated carbocycles. The third-order valence-electron chi connectivity index (χ3n) is 7.97. The molecule has 2 aromatic heterocycles. The van der Waals surface area contributed by atoms with E-state index in [-0.39, 0.29) is 23.6 Å². The van der Waals surface area contributed by atoms with E-state index in [0.29, 0.717) is 11.4 Å². The molecule has 4 nitrogen and oxygen atoms in total. The van der Waals surface area contributed by atoms with Crippen LogP contribution in [0.15, 0.2) is 53.3 Å². The highest BCUT2D eigenvalue weighted by Gasteiger charge is 2.31. The number of ketones is 1. The van der Waals surface area contributed by atoms with Crippen LogP contribution in [0.2, 0.25) is 0 Å². The van der Waals surface area contributed by atoms with Crippen molar-refractivity contribution in [1.82, 2.24) is 9.88 Å². The molecule has 5 rings (SSSR count). The minimum Gasteiger partial charge on any atom is -0.464 e. The summed E-state index contributed by atoms with van der Waals surface area (Å²) in [4.78, 5) is 20.5. The van der Waals surface area contributed by atoms with Crippen molar-refractivity contribution in [3.63, 3.8) is 0 Å². The molecule has 3 heterocycles. The molecule has 180 valence electrons. The van der Waals surface area contributed by atoms with E-state index >= 15 is 0 Å². The van der Waals surface area contributed by atoms with Crippen molar-refractivity contribution in [2.45, 2.75) is 69.6 Å². The van der Waals surface area contributed by atoms with Gasteiger partial charge in [0.1, 0.15) is 17.2 Å². The maximum atomic E-state index is 14.8. The summed E-state index contributed by atoms with van der Waals surface area (Å²) < 4.78 is 20.5. The summed E-state index contributed by atoms with van der Waals surface area (Å²) in [5, 5.41) is 0.969. The van der Waals surface area contributed by atoms with Crippen molar-refractivity contribution < 1.29 is 13.6 Å². The number of hydrogen-bond acceptors (Lipinski definition) is 4. The monoisotopic (exact) mass is 462 g/mol. The predicted octanol–water partition coefficient (Wildman–Crippen LogP) is 6.86. The van der Waals surface area contributed by atoms with Gasteiger partial charge in [0.2, 0.25) is 0 Å². The van der Waals surface area contributed by atoms with Crippen molar-refractivity contribution in [1.29, 1.82) is 0 Å². The maximum Gasteiger partial charge on any atom is 0.145 e. The largest absolute Gasteiger partial charge is 0.464 e. The molecule has 1 aliphatic heterocycles. The summed E-state index contributed by atoms with van der Waals surface area (Å²) in [6, 6.07) is 11.2. The van der Waals surface area contributed by atoms with Crippen LogP contribution < -0.4 is 0 Å². The van der Waals surface area contributed by atoms with Crippen LogP contribution in [0.25, 0.3) is 11.0 Å². The number of aromatic nitrogens is 1. The first-order chi connectivity index (χ1) is 16.7. The first kappa shape index (κ1) is 23.2. The number of furan rings is 1.